The second-order valence-corrected chi connectivity index (χ2v) is 5.16. The van der Waals surface area contributed by atoms with Crippen LogP contribution in [0.4, 0.5) is 0 Å². The minimum Gasteiger partial charge on any atom is -0.496 e. The van der Waals surface area contributed by atoms with Gasteiger partial charge in [-0.3, -0.25) is 9.59 Å². The SMILES string of the molecule is CCCN(CC(=O)NC)C(=O)c1ccc(Br)cc1OC. The van der Waals surface area contributed by atoms with Crippen LogP contribution in [-0.4, -0.2) is 44.0 Å². The topological polar surface area (TPSA) is 58.6 Å². The smallest absolute Gasteiger partial charge is 0.258 e. The minimum atomic E-state index is -0.209. The first kappa shape index (κ1) is 16.5. The highest BCUT2D eigenvalue weighted by Crippen LogP contribution is 2.24. The van der Waals surface area contributed by atoms with Crippen LogP contribution >= 0.6 is 15.9 Å². The van der Waals surface area contributed by atoms with Crippen molar-refractivity contribution in [1.29, 1.82) is 0 Å². The van der Waals surface area contributed by atoms with Gasteiger partial charge in [0.25, 0.3) is 5.91 Å². The van der Waals surface area contributed by atoms with E-state index >= 15 is 0 Å². The molecule has 5 nitrogen and oxygen atoms in total. The van der Waals surface area contributed by atoms with Crippen LogP contribution in [0.5, 0.6) is 5.75 Å². The van der Waals surface area contributed by atoms with E-state index in [1.165, 1.54) is 12.0 Å². The summed E-state index contributed by atoms with van der Waals surface area (Å²) in [7, 11) is 3.07. The number of halogens is 1. The molecule has 1 rings (SSSR count). The van der Waals surface area contributed by atoms with Gasteiger partial charge in [-0.1, -0.05) is 22.9 Å². The number of nitrogens with one attached hydrogen (secondary N) is 1. The van der Waals surface area contributed by atoms with Crippen LogP contribution < -0.4 is 10.1 Å². The quantitative estimate of drug-likeness (QED) is 0.860. The monoisotopic (exact) mass is 342 g/mol. The lowest BCUT2D eigenvalue weighted by Gasteiger charge is -2.22. The van der Waals surface area contributed by atoms with Gasteiger partial charge in [0, 0.05) is 18.1 Å². The number of rotatable bonds is 6. The molecule has 0 aliphatic heterocycles. The van der Waals surface area contributed by atoms with Gasteiger partial charge in [-0.25, -0.2) is 0 Å². The third kappa shape index (κ3) is 4.23. The van der Waals surface area contributed by atoms with Gasteiger partial charge in [0.15, 0.2) is 0 Å². The number of methoxy groups -OCH3 is 1. The Balaban J connectivity index is 3.02. The fourth-order valence-corrected chi connectivity index (χ4v) is 2.13. The summed E-state index contributed by atoms with van der Waals surface area (Å²) >= 11 is 3.34. The number of amides is 2. The molecular formula is C14H19BrN2O3. The lowest BCUT2D eigenvalue weighted by molar-refractivity contribution is -0.121. The number of nitrogens with zero attached hydrogens (tertiary/aromatic N) is 1. The second kappa shape index (κ2) is 7.89. The van der Waals surface area contributed by atoms with Crippen LogP contribution in [0.2, 0.25) is 0 Å². The van der Waals surface area contributed by atoms with Crippen LogP contribution in [0.3, 0.4) is 0 Å². The fraction of sp³-hybridized carbons (Fsp3) is 0.429. The molecule has 0 aliphatic carbocycles. The molecule has 2 amide bonds. The third-order valence-corrected chi connectivity index (χ3v) is 3.28. The first-order valence-electron chi connectivity index (χ1n) is 6.36. The van der Waals surface area contributed by atoms with Crippen LogP contribution in [0.15, 0.2) is 22.7 Å². The van der Waals surface area contributed by atoms with Crippen LogP contribution in [0.25, 0.3) is 0 Å². The first-order chi connectivity index (χ1) is 9.53. The summed E-state index contributed by atoms with van der Waals surface area (Å²) in [5, 5.41) is 2.53. The molecule has 0 spiro atoms. The average molecular weight is 343 g/mol. The minimum absolute atomic E-state index is 0.0440. The van der Waals surface area contributed by atoms with Gasteiger partial charge in [-0.2, -0.15) is 0 Å². The third-order valence-electron chi connectivity index (χ3n) is 2.79. The van der Waals surface area contributed by atoms with E-state index in [-0.39, 0.29) is 18.4 Å². The molecule has 1 aromatic carbocycles. The van der Waals surface area contributed by atoms with Gasteiger partial charge < -0.3 is 15.0 Å². The van der Waals surface area contributed by atoms with Gasteiger partial charge in [-0.15, -0.1) is 0 Å². The Labute approximate surface area is 127 Å². The van der Waals surface area contributed by atoms with Gasteiger partial charge >= 0.3 is 0 Å². The van der Waals surface area contributed by atoms with Crippen molar-refractivity contribution in [2.75, 3.05) is 27.2 Å². The molecule has 0 unspecified atom stereocenters. The summed E-state index contributed by atoms with van der Waals surface area (Å²) in [5.41, 5.74) is 0.452. The Morgan fingerprint density at radius 3 is 2.65 bits per heavy atom. The Morgan fingerprint density at radius 2 is 2.10 bits per heavy atom. The molecule has 0 aromatic heterocycles. The number of carbonyl (C=O) groups is 2. The first-order valence-corrected chi connectivity index (χ1v) is 7.16. The van der Waals surface area contributed by atoms with Crippen LogP contribution in [-0.2, 0) is 4.79 Å². The summed E-state index contributed by atoms with van der Waals surface area (Å²) in [6, 6.07) is 5.20. The second-order valence-electron chi connectivity index (χ2n) is 4.24. The highest BCUT2D eigenvalue weighted by Gasteiger charge is 2.21. The molecule has 0 saturated carbocycles. The fourth-order valence-electron chi connectivity index (χ4n) is 1.79. The standard InChI is InChI=1S/C14H19BrN2O3/c1-4-7-17(9-13(18)16-2)14(19)11-6-5-10(15)8-12(11)20-3/h5-6,8H,4,7,9H2,1-3H3,(H,16,18). The maximum absolute atomic E-state index is 12.5. The highest BCUT2D eigenvalue weighted by atomic mass is 79.9. The summed E-state index contributed by atoms with van der Waals surface area (Å²) < 4.78 is 6.06. The van der Waals surface area contributed by atoms with Crippen molar-refractivity contribution in [2.24, 2.45) is 0 Å². The van der Waals surface area contributed by atoms with Crippen LogP contribution in [0, 0.1) is 0 Å². The zero-order valence-electron chi connectivity index (χ0n) is 11.9. The summed E-state index contributed by atoms with van der Waals surface area (Å²) in [4.78, 5) is 25.5. The van der Waals surface area contributed by atoms with E-state index < -0.39 is 0 Å². The molecule has 0 heterocycles. The molecule has 0 bridgehead atoms. The van der Waals surface area contributed by atoms with Gasteiger partial charge in [0.05, 0.1) is 19.2 Å². The van der Waals surface area contributed by atoms with E-state index in [1.54, 1.807) is 25.2 Å². The molecule has 0 saturated heterocycles. The number of hydrogen-bond acceptors (Lipinski definition) is 3. The van der Waals surface area contributed by atoms with Gasteiger partial charge in [0.2, 0.25) is 5.91 Å². The molecule has 0 aliphatic rings. The maximum atomic E-state index is 12.5. The van der Waals surface area contributed by atoms with Crippen molar-refractivity contribution >= 4 is 27.7 Å². The summed E-state index contributed by atoms with van der Waals surface area (Å²) in [6.45, 7) is 2.52. The Kier molecular flexibility index (Phi) is 6.51. The van der Waals surface area contributed by atoms with E-state index in [4.69, 9.17) is 4.74 Å². The number of benzene rings is 1. The molecule has 6 heteroatoms. The highest BCUT2D eigenvalue weighted by molar-refractivity contribution is 9.10. The Hall–Kier alpha value is -1.56. The predicted molar refractivity (Wildman–Crippen MR) is 81.0 cm³/mol. The maximum Gasteiger partial charge on any atom is 0.258 e. The normalized spacial score (nSPS) is 10.0. The van der Waals surface area contributed by atoms with Gasteiger partial charge in [-0.05, 0) is 24.6 Å². The average Bonchev–Trinajstić information content (AvgIpc) is 2.45. The Bertz CT molecular complexity index is 491. The zero-order valence-corrected chi connectivity index (χ0v) is 13.5. The molecule has 1 aromatic rings. The van der Waals surface area contributed by atoms with E-state index in [0.29, 0.717) is 17.9 Å². The lowest BCUT2D eigenvalue weighted by Crippen LogP contribution is -2.40. The number of likely N-dealkylation sites (N-methyl/N-ethyl adjacent to an activating group) is 1. The largest absolute Gasteiger partial charge is 0.496 e. The zero-order chi connectivity index (χ0) is 15.1. The van der Waals surface area contributed by atoms with Crippen molar-refractivity contribution in [2.45, 2.75) is 13.3 Å². The van der Waals surface area contributed by atoms with Crippen molar-refractivity contribution in [3.63, 3.8) is 0 Å². The van der Waals surface area contributed by atoms with E-state index in [0.717, 1.165) is 10.9 Å². The molecule has 0 atom stereocenters. The number of hydrogen-bond donors (Lipinski definition) is 1. The number of carbonyl (C=O) groups excluding carboxylic acids is 2. The molecule has 1 N–H and O–H groups in total. The van der Waals surface area contributed by atoms with E-state index in [1.807, 2.05) is 6.92 Å². The number of ether oxygens (including phenoxy) is 1. The van der Waals surface area contributed by atoms with Crippen molar-refractivity contribution in [3.8, 4) is 5.75 Å². The predicted octanol–water partition coefficient (Wildman–Crippen LogP) is 2.06. The molecule has 0 radical (unpaired) electrons. The molecule has 0 fully saturated rings. The van der Waals surface area contributed by atoms with Crippen molar-refractivity contribution < 1.29 is 14.3 Å². The van der Waals surface area contributed by atoms with Crippen molar-refractivity contribution in [3.05, 3.63) is 28.2 Å². The molecule has 110 valence electrons. The van der Waals surface area contributed by atoms with Crippen molar-refractivity contribution in [1.82, 2.24) is 10.2 Å². The Morgan fingerprint density at radius 1 is 1.40 bits per heavy atom. The lowest BCUT2D eigenvalue weighted by atomic mass is 10.1. The van der Waals surface area contributed by atoms with Gasteiger partial charge in [0.1, 0.15) is 5.75 Å². The molecular weight excluding hydrogens is 324 g/mol. The van der Waals surface area contributed by atoms with E-state index in [2.05, 4.69) is 21.2 Å². The van der Waals surface area contributed by atoms with Crippen LogP contribution in [0.1, 0.15) is 23.7 Å². The summed E-state index contributed by atoms with van der Waals surface area (Å²) in [6.07, 6.45) is 0.779. The van der Waals surface area contributed by atoms with E-state index in [9.17, 15) is 9.59 Å². The molecule has 20 heavy (non-hydrogen) atoms. The summed E-state index contributed by atoms with van der Waals surface area (Å²) in [5.74, 6) is 0.0880.